The summed E-state index contributed by atoms with van der Waals surface area (Å²) >= 11 is 0. The number of esters is 1. The van der Waals surface area contributed by atoms with Crippen LogP contribution in [0.3, 0.4) is 0 Å². The second kappa shape index (κ2) is 14.3. The zero-order chi connectivity index (χ0) is 30.1. The number of phenolic OH excluding ortho intramolecular Hbond substituents is 2. The highest BCUT2D eigenvalue weighted by atomic mass is 16.5. The normalized spacial score (nSPS) is 16.2. The van der Waals surface area contributed by atoms with Crippen LogP contribution in [0.5, 0.6) is 28.7 Å². The van der Waals surface area contributed by atoms with Crippen molar-refractivity contribution < 1.29 is 48.7 Å². The molecule has 12 heteroatoms. The van der Waals surface area contributed by atoms with E-state index in [2.05, 4.69) is 5.32 Å². The predicted molar refractivity (Wildman–Crippen MR) is 148 cm³/mol. The summed E-state index contributed by atoms with van der Waals surface area (Å²) in [6.45, 7) is 1.76. The number of aromatic hydroxyl groups is 2. The largest absolute Gasteiger partial charge is 0.504 e. The number of carbonyl (C=O) groups is 3. The van der Waals surface area contributed by atoms with Crippen LogP contribution in [0.1, 0.15) is 30.9 Å². The van der Waals surface area contributed by atoms with E-state index < -0.39 is 36.0 Å². The van der Waals surface area contributed by atoms with Gasteiger partial charge in [-0.2, -0.15) is 0 Å². The van der Waals surface area contributed by atoms with Gasteiger partial charge in [0, 0.05) is 24.6 Å². The van der Waals surface area contributed by atoms with Crippen LogP contribution >= 0.6 is 0 Å². The summed E-state index contributed by atoms with van der Waals surface area (Å²) in [7, 11) is 4.57. The number of likely N-dealkylation sites (tertiary alicyclic amines) is 1. The lowest BCUT2D eigenvalue weighted by Crippen LogP contribution is -2.52. The van der Waals surface area contributed by atoms with Gasteiger partial charge in [-0.25, -0.2) is 4.79 Å². The molecule has 1 heterocycles. The van der Waals surface area contributed by atoms with Crippen molar-refractivity contribution in [3.8, 4) is 28.7 Å². The van der Waals surface area contributed by atoms with Crippen molar-refractivity contribution in [2.24, 2.45) is 0 Å². The zero-order valence-electron chi connectivity index (χ0n) is 23.5. The lowest BCUT2D eigenvalue weighted by Gasteiger charge is -2.27. The number of carbonyl (C=O) groups excluding carboxylic acids is 3. The minimum absolute atomic E-state index is 0.0415. The number of hydrogen-bond donors (Lipinski definition) is 4. The maximum atomic E-state index is 13.1. The van der Waals surface area contributed by atoms with Crippen LogP contribution in [0.15, 0.2) is 36.4 Å². The third-order valence-corrected chi connectivity index (χ3v) is 6.66. The molecule has 0 aromatic heterocycles. The highest BCUT2D eigenvalue weighted by Crippen LogP contribution is 2.35. The van der Waals surface area contributed by atoms with Gasteiger partial charge < -0.3 is 44.5 Å². The number of benzene rings is 2. The summed E-state index contributed by atoms with van der Waals surface area (Å²) in [4.78, 5) is 39.7. The molecule has 3 rings (SSSR count). The Morgan fingerprint density at radius 1 is 1.02 bits per heavy atom. The molecule has 3 unspecified atom stereocenters. The Balaban J connectivity index is 1.54. The Morgan fingerprint density at radius 3 is 2.37 bits per heavy atom. The fraction of sp³-hybridized carbons (Fsp3) is 0.414. The van der Waals surface area contributed by atoms with E-state index in [0.29, 0.717) is 47.8 Å². The summed E-state index contributed by atoms with van der Waals surface area (Å²) in [6, 6.07) is 5.56. The summed E-state index contributed by atoms with van der Waals surface area (Å²) in [6.07, 6.45) is 2.74. The fourth-order valence-corrected chi connectivity index (χ4v) is 4.49. The van der Waals surface area contributed by atoms with E-state index in [1.807, 2.05) is 0 Å². The van der Waals surface area contributed by atoms with Crippen molar-refractivity contribution in [2.45, 2.75) is 44.4 Å². The highest BCUT2D eigenvalue weighted by molar-refractivity contribution is 5.92. The molecule has 4 N–H and O–H groups in total. The first-order valence-electron chi connectivity index (χ1n) is 13.0. The van der Waals surface area contributed by atoms with Gasteiger partial charge in [-0.15, -0.1) is 0 Å². The summed E-state index contributed by atoms with van der Waals surface area (Å²) < 4.78 is 21.4. The second-order valence-electron chi connectivity index (χ2n) is 9.44. The van der Waals surface area contributed by atoms with Gasteiger partial charge in [0.2, 0.25) is 11.8 Å². The SMILES string of the molecule is COc1cc(OC)c(OC)cc1/C=C/COC(=O)C1CCCN1C(=O)C(C)NC(=O)C(O)Cc1ccc(O)c(O)c1. The summed E-state index contributed by atoms with van der Waals surface area (Å²) in [5.74, 6) is -0.951. The van der Waals surface area contributed by atoms with E-state index in [1.54, 1.807) is 24.3 Å². The molecule has 1 fully saturated rings. The van der Waals surface area contributed by atoms with Crippen LogP contribution in [0, 0.1) is 0 Å². The van der Waals surface area contributed by atoms with Crippen molar-refractivity contribution in [3.63, 3.8) is 0 Å². The minimum atomic E-state index is -1.50. The van der Waals surface area contributed by atoms with E-state index >= 15 is 0 Å². The molecule has 222 valence electrons. The van der Waals surface area contributed by atoms with Gasteiger partial charge in [0.1, 0.15) is 30.5 Å². The Labute approximate surface area is 238 Å². The maximum absolute atomic E-state index is 13.1. The Hall–Kier alpha value is -4.45. The third kappa shape index (κ3) is 7.82. The number of methoxy groups -OCH3 is 3. The van der Waals surface area contributed by atoms with Crippen LogP contribution in [0.25, 0.3) is 6.08 Å². The molecule has 41 heavy (non-hydrogen) atoms. The molecule has 0 radical (unpaired) electrons. The smallest absolute Gasteiger partial charge is 0.329 e. The Morgan fingerprint density at radius 2 is 1.71 bits per heavy atom. The van der Waals surface area contributed by atoms with Gasteiger partial charge in [0.05, 0.1) is 21.3 Å². The molecular formula is C29H36N2O10. The number of nitrogens with one attached hydrogen (secondary N) is 1. The van der Waals surface area contributed by atoms with Crippen molar-refractivity contribution in [2.75, 3.05) is 34.5 Å². The molecule has 1 saturated heterocycles. The molecule has 0 bridgehead atoms. The minimum Gasteiger partial charge on any atom is -0.504 e. The second-order valence-corrected chi connectivity index (χ2v) is 9.44. The predicted octanol–water partition coefficient (Wildman–Crippen LogP) is 1.78. The Bertz CT molecular complexity index is 1280. The first-order chi connectivity index (χ1) is 19.6. The first-order valence-corrected chi connectivity index (χ1v) is 13.0. The number of aliphatic hydroxyl groups is 1. The molecule has 1 aliphatic rings. The molecule has 0 saturated carbocycles. The molecular weight excluding hydrogens is 536 g/mol. The van der Waals surface area contributed by atoms with Crippen molar-refractivity contribution >= 4 is 23.9 Å². The number of rotatable bonds is 12. The van der Waals surface area contributed by atoms with Crippen molar-refractivity contribution in [1.29, 1.82) is 0 Å². The molecule has 2 aromatic rings. The lowest BCUT2D eigenvalue weighted by atomic mass is 10.1. The van der Waals surface area contributed by atoms with Crippen molar-refractivity contribution in [3.05, 3.63) is 47.5 Å². The van der Waals surface area contributed by atoms with Gasteiger partial charge in [0.15, 0.2) is 23.0 Å². The maximum Gasteiger partial charge on any atom is 0.329 e. The molecule has 0 aliphatic carbocycles. The standard InChI is InChI=1S/C29H36N2O10/c1-17(30-27(35)23(34)14-18-9-10-21(32)22(33)13-18)28(36)31-11-5-8-20(31)29(37)41-12-6-7-19-15-25(39-3)26(40-4)16-24(19)38-2/h6-7,9-10,13,15-17,20,23,32-34H,5,8,11-12,14H2,1-4H3,(H,30,35)/b7-6+. The molecule has 0 spiro atoms. The molecule has 1 aliphatic heterocycles. The number of phenols is 2. The van der Waals surface area contributed by atoms with E-state index in [4.69, 9.17) is 18.9 Å². The number of ether oxygens (including phenoxy) is 4. The van der Waals surface area contributed by atoms with Gasteiger partial charge in [0.25, 0.3) is 0 Å². The van der Waals surface area contributed by atoms with E-state index in [9.17, 15) is 29.7 Å². The average Bonchev–Trinajstić information content (AvgIpc) is 3.46. The number of nitrogens with zero attached hydrogens (tertiary/aromatic N) is 1. The molecule has 12 nitrogen and oxygen atoms in total. The number of aliphatic hydroxyl groups excluding tert-OH is 1. The fourth-order valence-electron chi connectivity index (χ4n) is 4.49. The van der Waals surface area contributed by atoms with Gasteiger partial charge in [-0.05, 0) is 49.6 Å². The van der Waals surface area contributed by atoms with Gasteiger partial charge >= 0.3 is 5.97 Å². The third-order valence-electron chi connectivity index (χ3n) is 6.66. The van der Waals surface area contributed by atoms with E-state index in [1.165, 1.54) is 51.4 Å². The monoisotopic (exact) mass is 572 g/mol. The van der Waals surface area contributed by atoms with Crippen LogP contribution in [-0.4, -0.2) is 90.7 Å². The quantitative estimate of drug-likeness (QED) is 0.218. The average molecular weight is 573 g/mol. The van der Waals surface area contributed by atoms with Crippen molar-refractivity contribution in [1.82, 2.24) is 10.2 Å². The zero-order valence-corrected chi connectivity index (χ0v) is 23.5. The molecule has 2 aromatic carbocycles. The molecule has 2 amide bonds. The first kappa shape index (κ1) is 31.1. The van der Waals surface area contributed by atoms with Gasteiger partial charge in [-0.1, -0.05) is 12.1 Å². The Kier molecular flexibility index (Phi) is 10.8. The van der Waals surface area contributed by atoms with Gasteiger partial charge in [-0.3, -0.25) is 9.59 Å². The lowest BCUT2D eigenvalue weighted by molar-refractivity contribution is -0.153. The summed E-state index contributed by atoms with van der Waals surface area (Å²) in [5, 5.41) is 31.8. The van der Waals surface area contributed by atoms with Crippen LogP contribution < -0.4 is 19.5 Å². The van der Waals surface area contributed by atoms with Crippen LogP contribution in [0.2, 0.25) is 0 Å². The van der Waals surface area contributed by atoms with E-state index in [0.717, 1.165) is 0 Å². The summed E-state index contributed by atoms with van der Waals surface area (Å²) in [5.41, 5.74) is 1.11. The topological polar surface area (TPSA) is 164 Å². The van der Waals surface area contributed by atoms with Crippen LogP contribution in [0.4, 0.5) is 0 Å². The number of hydrogen-bond acceptors (Lipinski definition) is 10. The number of amides is 2. The van der Waals surface area contributed by atoms with E-state index in [-0.39, 0.29) is 24.5 Å². The molecule has 3 atom stereocenters. The van der Waals surface area contributed by atoms with Crippen LogP contribution in [-0.2, 0) is 25.5 Å². The highest BCUT2D eigenvalue weighted by Gasteiger charge is 2.37.